The van der Waals surface area contributed by atoms with E-state index in [-0.39, 0.29) is 18.2 Å². The average Bonchev–Trinajstić information content (AvgIpc) is 3.66. The summed E-state index contributed by atoms with van der Waals surface area (Å²) in [6.45, 7) is 4.81. The van der Waals surface area contributed by atoms with Crippen LogP contribution in [-0.2, 0) is 11.3 Å². The van der Waals surface area contributed by atoms with Gasteiger partial charge in [0.1, 0.15) is 17.6 Å². The zero-order valence-corrected chi connectivity index (χ0v) is 25.7. The first kappa shape index (κ1) is 29.7. The number of carbonyl (C=O) groups is 1. The summed E-state index contributed by atoms with van der Waals surface area (Å²) in [5.74, 6) is -1.22. The first-order valence-electron chi connectivity index (χ1n) is 14.6. The maximum Gasteiger partial charge on any atom is 0.333 e. The van der Waals surface area contributed by atoms with Crippen molar-refractivity contribution in [3.63, 3.8) is 0 Å². The fourth-order valence-corrected chi connectivity index (χ4v) is 5.65. The van der Waals surface area contributed by atoms with Crippen LogP contribution in [0.2, 0.25) is 0 Å². The standard InChI is InChI=1S/C35H31N5O4S/c1-23-9-13-25(14-10-23)32-28(36-33(35-34(32)37-45-38-35)26-15-11-24(2)12-16-26)18-17-27-7-3-5-21-39(27)22-6-4-8-31(43)44-40-29(41)19-20-30(40)42/h3,5,7,9-21,37H,4,6,8,22H2,1-2H3/p+1. The largest absolute Gasteiger partial charge is 0.492 e. The van der Waals surface area contributed by atoms with Crippen LogP contribution in [0, 0.1) is 13.8 Å². The molecule has 4 aromatic heterocycles. The summed E-state index contributed by atoms with van der Waals surface area (Å²) in [5, 5.41) is 19.4. The van der Waals surface area contributed by atoms with Gasteiger partial charge in [-0.1, -0.05) is 59.7 Å². The molecule has 2 aromatic carbocycles. The third kappa shape index (κ3) is 6.61. The highest BCUT2D eigenvalue weighted by Crippen LogP contribution is 2.36. The summed E-state index contributed by atoms with van der Waals surface area (Å²) in [7, 11) is 0. The van der Waals surface area contributed by atoms with E-state index in [0.29, 0.717) is 17.7 Å². The van der Waals surface area contributed by atoms with Crippen LogP contribution >= 0.6 is 11.7 Å². The minimum atomic E-state index is -0.541. The predicted octanol–water partition coefficient (Wildman–Crippen LogP) is 6.53. The Kier molecular flexibility index (Phi) is 8.65. The molecule has 0 atom stereocenters. The molecular weight excluding hydrogens is 586 g/mol. The number of aryl methyl sites for hydroxylation is 3. The van der Waals surface area contributed by atoms with E-state index in [1.807, 2.05) is 30.5 Å². The van der Waals surface area contributed by atoms with Gasteiger partial charge in [-0.3, -0.25) is 0 Å². The summed E-state index contributed by atoms with van der Waals surface area (Å²) >= 11 is 1.19. The van der Waals surface area contributed by atoms with Crippen molar-refractivity contribution in [2.75, 3.05) is 0 Å². The van der Waals surface area contributed by atoms with E-state index >= 15 is 0 Å². The number of aromatic nitrogens is 5. The van der Waals surface area contributed by atoms with Gasteiger partial charge in [0.2, 0.25) is 17.5 Å². The molecule has 0 aliphatic heterocycles. The molecule has 6 aromatic rings. The van der Waals surface area contributed by atoms with Gasteiger partial charge in [0.25, 0.3) is 0 Å². The second-order valence-electron chi connectivity index (χ2n) is 10.8. The molecule has 226 valence electrons. The normalized spacial score (nSPS) is 11.4. The van der Waals surface area contributed by atoms with Gasteiger partial charge in [-0.05, 0) is 38.0 Å². The smallest absolute Gasteiger partial charge is 0.333 e. The van der Waals surface area contributed by atoms with E-state index in [2.05, 4.69) is 77.4 Å². The molecule has 0 saturated carbocycles. The van der Waals surface area contributed by atoms with Crippen molar-refractivity contribution >= 4 is 40.9 Å². The summed E-state index contributed by atoms with van der Waals surface area (Å²) in [4.78, 5) is 22.5. The van der Waals surface area contributed by atoms with Crippen LogP contribution in [0.1, 0.15) is 41.8 Å². The molecule has 0 aliphatic rings. The van der Waals surface area contributed by atoms with Crippen LogP contribution < -0.4 is 9.40 Å². The lowest BCUT2D eigenvalue weighted by Gasteiger charge is -2.11. The fraction of sp³-hybridized carbons (Fsp3) is 0.171. The number of nitrogens with zero attached hydrogens (tertiary/aromatic N) is 5. The average molecular weight is 619 g/mol. The Hall–Kier alpha value is -5.35. The molecule has 0 bridgehead atoms. The second-order valence-corrected chi connectivity index (χ2v) is 11.4. The molecule has 0 unspecified atom stereocenters. The van der Waals surface area contributed by atoms with Gasteiger partial charge in [-0.25, -0.2) is 9.78 Å². The van der Waals surface area contributed by atoms with Gasteiger partial charge < -0.3 is 15.1 Å². The molecule has 0 saturated heterocycles. The summed E-state index contributed by atoms with van der Waals surface area (Å²) in [6, 6.07) is 25.2. The molecule has 9 nitrogen and oxygen atoms in total. The van der Waals surface area contributed by atoms with E-state index in [9.17, 15) is 15.0 Å². The topological polar surface area (TPSA) is 114 Å². The van der Waals surface area contributed by atoms with Crippen molar-refractivity contribution < 1.29 is 24.4 Å². The van der Waals surface area contributed by atoms with Crippen LogP contribution in [0.3, 0.4) is 0 Å². The number of aromatic hydroxyl groups is 2. The lowest BCUT2D eigenvalue weighted by atomic mass is 9.98. The van der Waals surface area contributed by atoms with Crippen molar-refractivity contribution in [1.29, 1.82) is 0 Å². The lowest BCUT2D eigenvalue weighted by Crippen LogP contribution is -2.36. The monoisotopic (exact) mass is 618 g/mol. The second kappa shape index (κ2) is 13.1. The summed E-state index contributed by atoms with van der Waals surface area (Å²) in [6.07, 6.45) is 7.52. The molecule has 0 fully saturated rings. The van der Waals surface area contributed by atoms with Crippen molar-refractivity contribution in [2.45, 2.75) is 39.7 Å². The third-order valence-corrected chi connectivity index (χ3v) is 8.04. The SMILES string of the molecule is Cc1ccc(-c2nc(C=Cc3cccc[n+]3CCCCC(=O)On3c(O)ccc3O)c(-c3ccc(C)cc3)c3nsnc23)cc1. The Morgan fingerprint density at radius 2 is 1.51 bits per heavy atom. The minimum Gasteiger partial charge on any atom is -0.492 e. The predicted molar refractivity (Wildman–Crippen MR) is 174 cm³/mol. The molecule has 45 heavy (non-hydrogen) atoms. The fourth-order valence-electron chi connectivity index (χ4n) is 5.10. The van der Waals surface area contributed by atoms with Crippen LogP contribution in [-0.4, -0.2) is 34.6 Å². The van der Waals surface area contributed by atoms with Gasteiger partial charge in [-0.15, -0.1) is 4.73 Å². The van der Waals surface area contributed by atoms with Crippen LogP contribution in [0.5, 0.6) is 11.8 Å². The molecular formula is C35H32N5O4S+. The first-order valence-corrected chi connectivity index (χ1v) is 15.4. The molecule has 0 radical (unpaired) electrons. The Morgan fingerprint density at radius 1 is 0.844 bits per heavy atom. The Balaban J connectivity index is 1.27. The number of hydrogen-bond donors (Lipinski definition) is 2. The molecule has 0 spiro atoms. The Labute approximate surface area is 264 Å². The van der Waals surface area contributed by atoms with E-state index in [1.165, 1.54) is 35.0 Å². The molecule has 6 rings (SSSR count). The van der Waals surface area contributed by atoms with E-state index < -0.39 is 5.97 Å². The van der Waals surface area contributed by atoms with Gasteiger partial charge in [0.15, 0.2) is 6.20 Å². The minimum absolute atomic E-state index is 0.142. The highest BCUT2D eigenvalue weighted by atomic mass is 32.1. The first-order chi connectivity index (χ1) is 21.9. The van der Waals surface area contributed by atoms with E-state index in [0.717, 1.165) is 51.2 Å². The quantitative estimate of drug-likeness (QED) is 0.132. The Bertz CT molecular complexity index is 1980. The summed E-state index contributed by atoms with van der Waals surface area (Å²) < 4.78 is 12.2. The van der Waals surface area contributed by atoms with Gasteiger partial charge in [0.05, 0.1) is 23.1 Å². The van der Waals surface area contributed by atoms with Crippen molar-refractivity contribution in [2.24, 2.45) is 0 Å². The summed E-state index contributed by atoms with van der Waals surface area (Å²) in [5.41, 5.74) is 9.47. The number of benzene rings is 2. The number of carbonyl (C=O) groups excluding carboxylic acids is 1. The highest BCUT2D eigenvalue weighted by Gasteiger charge is 2.20. The lowest BCUT2D eigenvalue weighted by molar-refractivity contribution is -0.699. The number of hydrogen-bond acceptors (Lipinski definition) is 8. The zero-order chi connectivity index (χ0) is 31.3. The Morgan fingerprint density at radius 3 is 2.22 bits per heavy atom. The zero-order valence-electron chi connectivity index (χ0n) is 24.9. The number of fused-ring (bicyclic) bond motifs is 1. The maximum atomic E-state index is 12.2. The maximum absolute atomic E-state index is 12.2. The van der Waals surface area contributed by atoms with Crippen LogP contribution in [0.25, 0.3) is 45.6 Å². The van der Waals surface area contributed by atoms with Gasteiger partial charge >= 0.3 is 5.97 Å². The van der Waals surface area contributed by atoms with Crippen molar-refractivity contribution in [3.05, 3.63) is 108 Å². The van der Waals surface area contributed by atoms with Gasteiger partial charge in [0, 0.05) is 54.3 Å². The van der Waals surface area contributed by atoms with E-state index in [4.69, 9.17) is 14.2 Å². The van der Waals surface area contributed by atoms with Gasteiger partial charge in [-0.2, -0.15) is 13.3 Å². The number of rotatable bonds is 10. The molecule has 0 amide bonds. The third-order valence-electron chi connectivity index (χ3n) is 7.51. The van der Waals surface area contributed by atoms with Crippen molar-refractivity contribution in [1.82, 2.24) is 18.5 Å². The van der Waals surface area contributed by atoms with Crippen LogP contribution in [0.4, 0.5) is 0 Å². The molecule has 0 aliphatic carbocycles. The molecule has 4 heterocycles. The molecule has 10 heteroatoms. The van der Waals surface area contributed by atoms with E-state index in [1.54, 1.807) is 0 Å². The number of pyridine rings is 2. The van der Waals surface area contributed by atoms with Crippen LogP contribution in [0.15, 0.2) is 85.1 Å². The number of unbranched alkanes of at least 4 members (excludes halogenated alkanes) is 1. The van der Waals surface area contributed by atoms with Crippen molar-refractivity contribution in [3.8, 4) is 34.1 Å². The highest BCUT2D eigenvalue weighted by molar-refractivity contribution is 7.00. The molecule has 2 N–H and O–H groups in total.